The van der Waals surface area contributed by atoms with Crippen LogP contribution in [0.1, 0.15) is 43.0 Å². The van der Waals surface area contributed by atoms with Crippen molar-refractivity contribution in [2.24, 2.45) is 0 Å². The number of halogens is 1. The summed E-state index contributed by atoms with van der Waals surface area (Å²) in [6.45, 7) is 3.51. The first-order chi connectivity index (χ1) is 9.17. The van der Waals surface area contributed by atoms with Gasteiger partial charge < -0.3 is 14.8 Å². The molecule has 1 aliphatic rings. The molecule has 3 nitrogen and oxygen atoms in total. The average molecular weight is 267 g/mol. The van der Waals surface area contributed by atoms with Crippen LogP contribution < -0.4 is 14.8 Å². The van der Waals surface area contributed by atoms with E-state index in [1.165, 1.54) is 6.92 Å². The summed E-state index contributed by atoms with van der Waals surface area (Å²) in [7, 11) is 3.20. The summed E-state index contributed by atoms with van der Waals surface area (Å²) in [5, 5.41) is 3.38. The monoisotopic (exact) mass is 267 g/mol. The summed E-state index contributed by atoms with van der Waals surface area (Å²) in [4.78, 5) is 0. The van der Waals surface area contributed by atoms with E-state index < -0.39 is 6.17 Å². The lowest BCUT2D eigenvalue weighted by atomic mass is 9.89. The van der Waals surface area contributed by atoms with Crippen LogP contribution in [-0.2, 0) is 0 Å². The molecular weight excluding hydrogens is 245 g/mol. The Kier molecular flexibility index (Phi) is 4.64. The van der Waals surface area contributed by atoms with Crippen molar-refractivity contribution in [3.8, 4) is 11.5 Å². The number of nitrogens with one attached hydrogen (secondary N) is 1. The maximum Gasteiger partial charge on any atom is 0.128 e. The molecule has 0 aromatic heterocycles. The Balaban J connectivity index is 2.42. The number of methoxy groups -OCH3 is 2. The van der Waals surface area contributed by atoms with Crippen LogP contribution in [0.4, 0.5) is 4.39 Å². The van der Waals surface area contributed by atoms with E-state index in [1.807, 2.05) is 6.07 Å². The molecule has 0 spiro atoms. The fourth-order valence-corrected chi connectivity index (χ4v) is 2.70. The molecule has 1 fully saturated rings. The number of rotatable bonds is 4. The number of ether oxygens (including phenoxy) is 2. The van der Waals surface area contributed by atoms with Crippen molar-refractivity contribution in [2.45, 2.75) is 31.9 Å². The molecule has 4 heteroatoms. The SMILES string of the molecule is COc1cc(OC)c(C2CCCNC2)cc1C(C)F. The predicted molar refractivity (Wildman–Crippen MR) is 73.9 cm³/mol. The molecule has 1 aromatic rings. The molecule has 0 saturated carbocycles. The molecule has 0 aliphatic carbocycles. The molecule has 2 atom stereocenters. The van der Waals surface area contributed by atoms with Gasteiger partial charge >= 0.3 is 0 Å². The van der Waals surface area contributed by atoms with Crippen LogP contribution in [0.25, 0.3) is 0 Å². The van der Waals surface area contributed by atoms with Gasteiger partial charge in [0, 0.05) is 24.1 Å². The third-order valence-corrected chi connectivity index (χ3v) is 3.75. The fraction of sp³-hybridized carbons (Fsp3) is 0.600. The highest BCUT2D eigenvalue weighted by Crippen LogP contribution is 2.39. The smallest absolute Gasteiger partial charge is 0.128 e. The van der Waals surface area contributed by atoms with Gasteiger partial charge in [0.25, 0.3) is 0 Å². The second kappa shape index (κ2) is 6.24. The molecule has 19 heavy (non-hydrogen) atoms. The molecule has 0 radical (unpaired) electrons. The first kappa shape index (κ1) is 14.1. The molecule has 0 bridgehead atoms. The first-order valence-electron chi connectivity index (χ1n) is 6.78. The summed E-state index contributed by atoms with van der Waals surface area (Å²) in [5.74, 6) is 1.72. The van der Waals surface area contributed by atoms with Gasteiger partial charge in [-0.1, -0.05) is 0 Å². The Hall–Kier alpha value is -1.29. The molecule has 2 rings (SSSR count). The zero-order chi connectivity index (χ0) is 13.8. The Labute approximate surface area is 114 Å². The van der Waals surface area contributed by atoms with Crippen molar-refractivity contribution in [3.05, 3.63) is 23.3 Å². The Morgan fingerprint density at radius 2 is 2.00 bits per heavy atom. The van der Waals surface area contributed by atoms with Crippen molar-refractivity contribution in [1.82, 2.24) is 5.32 Å². The lowest BCUT2D eigenvalue weighted by Crippen LogP contribution is -2.28. The van der Waals surface area contributed by atoms with Gasteiger partial charge in [-0.25, -0.2) is 4.39 Å². The van der Waals surface area contributed by atoms with Gasteiger partial charge in [-0.15, -0.1) is 0 Å². The van der Waals surface area contributed by atoms with Crippen molar-refractivity contribution < 1.29 is 13.9 Å². The highest BCUT2D eigenvalue weighted by atomic mass is 19.1. The predicted octanol–water partition coefficient (Wildman–Crippen LogP) is 3.20. The lowest BCUT2D eigenvalue weighted by molar-refractivity contribution is 0.339. The minimum Gasteiger partial charge on any atom is -0.496 e. The summed E-state index contributed by atoms with van der Waals surface area (Å²) < 4.78 is 24.4. The molecule has 106 valence electrons. The van der Waals surface area contributed by atoms with E-state index in [2.05, 4.69) is 5.32 Å². The first-order valence-corrected chi connectivity index (χ1v) is 6.78. The minimum absolute atomic E-state index is 0.382. The van der Waals surface area contributed by atoms with E-state index in [1.54, 1.807) is 20.3 Å². The number of alkyl halides is 1. The zero-order valence-corrected chi connectivity index (χ0v) is 11.8. The van der Waals surface area contributed by atoms with Crippen LogP contribution >= 0.6 is 0 Å². The molecule has 0 amide bonds. The molecule has 1 aromatic carbocycles. The Bertz CT molecular complexity index is 428. The summed E-state index contributed by atoms with van der Waals surface area (Å²) in [5.41, 5.74) is 1.68. The van der Waals surface area contributed by atoms with Crippen molar-refractivity contribution >= 4 is 0 Å². The van der Waals surface area contributed by atoms with Gasteiger partial charge in [-0.3, -0.25) is 0 Å². The Morgan fingerprint density at radius 3 is 2.53 bits per heavy atom. The standard InChI is InChI=1S/C15H22FNO2/c1-10(16)12-7-13(11-5-4-6-17-9-11)15(19-3)8-14(12)18-2/h7-8,10-11,17H,4-6,9H2,1-3H3. The van der Waals surface area contributed by atoms with E-state index in [0.29, 0.717) is 17.2 Å². The maximum absolute atomic E-state index is 13.7. The second-order valence-corrected chi connectivity index (χ2v) is 5.00. The minimum atomic E-state index is -1.05. The van der Waals surface area contributed by atoms with Crippen molar-refractivity contribution in [1.29, 1.82) is 0 Å². The van der Waals surface area contributed by atoms with Crippen LogP contribution in [0, 0.1) is 0 Å². The fourth-order valence-electron chi connectivity index (χ4n) is 2.70. The quantitative estimate of drug-likeness (QED) is 0.908. The molecule has 1 aliphatic heterocycles. The maximum atomic E-state index is 13.7. The number of piperidine rings is 1. The third-order valence-electron chi connectivity index (χ3n) is 3.75. The van der Waals surface area contributed by atoms with Crippen molar-refractivity contribution in [3.63, 3.8) is 0 Å². The molecule has 2 unspecified atom stereocenters. The normalized spacial score (nSPS) is 20.9. The summed E-state index contributed by atoms with van der Waals surface area (Å²) >= 11 is 0. The van der Waals surface area contributed by atoms with Crippen LogP contribution in [0.2, 0.25) is 0 Å². The van der Waals surface area contributed by atoms with Gasteiger partial charge in [0.2, 0.25) is 0 Å². The highest BCUT2D eigenvalue weighted by molar-refractivity contribution is 5.49. The zero-order valence-electron chi connectivity index (χ0n) is 11.8. The summed E-state index contributed by atoms with van der Waals surface area (Å²) in [6, 6.07) is 3.70. The van der Waals surface area contributed by atoms with E-state index in [-0.39, 0.29) is 0 Å². The van der Waals surface area contributed by atoms with E-state index >= 15 is 0 Å². The Morgan fingerprint density at radius 1 is 1.26 bits per heavy atom. The van der Waals surface area contributed by atoms with Crippen LogP contribution in [0.15, 0.2) is 12.1 Å². The molecule has 1 heterocycles. The lowest BCUT2D eigenvalue weighted by Gasteiger charge is -2.26. The largest absolute Gasteiger partial charge is 0.496 e. The van der Waals surface area contributed by atoms with Gasteiger partial charge in [0.15, 0.2) is 0 Å². The van der Waals surface area contributed by atoms with Gasteiger partial charge in [-0.05, 0) is 37.9 Å². The van der Waals surface area contributed by atoms with E-state index in [9.17, 15) is 4.39 Å². The topological polar surface area (TPSA) is 30.5 Å². The average Bonchev–Trinajstić information content (AvgIpc) is 2.46. The van der Waals surface area contributed by atoms with Gasteiger partial charge in [0.1, 0.15) is 17.7 Å². The number of hydrogen-bond donors (Lipinski definition) is 1. The van der Waals surface area contributed by atoms with E-state index in [4.69, 9.17) is 9.47 Å². The van der Waals surface area contributed by atoms with Gasteiger partial charge in [-0.2, -0.15) is 0 Å². The molecule has 1 saturated heterocycles. The van der Waals surface area contributed by atoms with Crippen LogP contribution in [0.5, 0.6) is 11.5 Å². The number of benzene rings is 1. The van der Waals surface area contributed by atoms with Crippen LogP contribution in [-0.4, -0.2) is 27.3 Å². The third kappa shape index (κ3) is 3.00. The molecular formula is C15H22FNO2. The molecule has 1 N–H and O–H groups in total. The van der Waals surface area contributed by atoms with Gasteiger partial charge in [0.05, 0.1) is 14.2 Å². The number of hydrogen-bond acceptors (Lipinski definition) is 3. The highest BCUT2D eigenvalue weighted by Gasteiger charge is 2.22. The van der Waals surface area contributed by atoms with E-state index in [0.717, 1.165) is 37.2 Å². The second-order valence-electron chi connectivity index (χ2n) is 5.00. The van der Waals surface area contributed by atoms with Crippen LogP contribution in [0.3, 0.4) is 0 Å². The van der Waals surface area contributed by atoms with Crippen molar-refractivity contribution in [2.75, 3.05) is 27.3 Å². The summed E-state index contributed by atoms with van der Waals surface area (Å²) in [6.07, 6.45) is 1.20.